The molecule has 0 spiro atoms. The van der Waals surface area contributed by atoms with Gasteiger partial charge < -0.3 is 5.11 Å². The lowest BCUT2D eigenvalue weighted by molar-refractivity contribution is 0.129. The van der Waals surface area contributed by atoms with E-state index in [-0.39, 0.29) is 6.08 Å². The Morgan fingerprint density at radius 2 is 1.24 bits per heavy atom. The Morgan fingerprint density at radius 1 is 0.760 bits per heavy atom. The Labute approximate surface area is 141 Å². The fraction of sp³-hybridized carbons (Fsp3) is 0.111. The summed E-state index contributed by atoms with van der Waals surface area (Å²) in [5.41, 5.74) is 0.479. The molecular weight excluding hydrogens is 336 g/mol. The molecule has 0 amide bonds. The van der Waals surface area contributed by atoms with Crippen molar-refractivity contribution in [3.05, 3.63) is 83.6 Å². The minimum atomic E-state index is -3.27. The number of rotatable bonds is 6. The maximum Gasteiger partial charge on any atom is 0.294 e. The minimum absolute atomic E-state index is 0.229. The van der Waals surface area contributed by atoms with E-state index in [1.165, 1.54) is 0 Å². The van der Waals surface area contributed by atoms with Crippen LogP contribution in [0.3, 0.4) is 0 Å². The fourth-order valence-corrected chi connectivity index (χ4v) is 1.93. The van der Waals surface area contributed by atoms with Gasteiger partial charge in [-0.2, -0.15) is 0 Å². The van der Waals surface area contributed by atoms with Gasteiger partial charge in [0.05, 0.1) is 0 Å². The molecule has 0 atom stereocenters. The zero-order valence-electron chi connectivity index (χ0n) is 12.9. The van der Waals surface area contributed by atoms with Crippen molar-refractivity contribution in [2.75, 3.05) is 0 Å². The van der Waals surface area contributed by atoms with Gasteiger partial charge in [-0.15, -0.1) is 10.2 Å². The van der Waals surface area contributed by atoms with Crippen LogP contribution < -0.4 is 0 Å². The molecular formula is C18H14F4N2O. The summed E-state index contributed by atoms with van der Waals surface area (Å²) in [4.78, 5) is 0. The van der Waals surface area contributed by atoms with Gasteiger partial charge in [0, 0.05) is 17.2 Å². The van der Waals surface area contributed by atoms with Crippen molar-refractivity contribution in [3.63, 3.8) is 0 Å². The standard InChI is InChI=1S/C18H14F4N2O/c19-17(20)14(11-15(25)18(21)22)23-24-16(12-7-3-1-4-8-12)13-9-5-2-6-10-13/h1-11,17-18,25H. The van der Waals surface area contributed by atoms with Crippen molar-refractivity contribution in [2.45, 2.75) is 12.9 Å². The Morgan fingerprint density at radius 3 is 1.64 bits per heavy atom. The second-order valence-corrected chi connectivity index (χ2v) is 4.88. The molecule has 0 aliphatic carbocycles. The van der Waals surface area contributed by atoms with Crippen LogP contribution in [0.4, 0.5) is 17.6 Å². The third-order valence-corrected chi connectivity index (χ3v) is 3.10. The molecule has 0 aromatic heterocycles. The predicted octanol–water partition coefficient (Wildman–Crippen LogP) is 4.85. The molecule has 0 radical (unpaired) electrons. The highest BCUT2D eigenvalue weighted by Gasteiger charge is 2.17. The van der Waals surface area contributed by atoms with Gasteiger partial charge in [-0.05, 0) is 0 Å². The molecule has 3 nitrogen and oxygen atoms in total. The van der Waals surface area contributed by atoms with Gasteiger partial charge in [0.25, 0.3) is 12.9 Å². The van der Waals surface area contributed by atoms with Crippen molar-refractivity contribution in [2.24, 2.45) is 10.2 Å². The van der Waals surface area contributed by atoms with E-state index < -0.39 is 24.3 Å². The fourth-order valence-electron chi connectivity index (χ4n) is 1.93. The third-order valence-electron chi connectivity index (χ3n) is 3.10. The first kappa shape index (κ1) is 18.4. The summed E-state index contributed by atoms with van der Waals surface area (Å²) in [5, 5.41) is 16.2. The Kier molecular flexibility index (Phi) is 6.45. The molecule has 25 heavy (non-hydrogen) atoms. The van der Waals surface area contributed by atoms with Crippen LogP contribution in [0.15, 0.2) is 82.7 Å². The van der Waals surface area contributed by atoms with Gasteiger partial charge in [0.1, 0.15) is 11.4 Å². The molecule has 1 N–H and O–H groups in total. The SMILES string of the molecule is OC(=CC(=NN=C(c1ccccc1)c1ccccc1)C(F)F)C(F)F. The number of allylic oxidation sites excluding steroid dienone is 2. The van der Waals surface area contributed by atoms with Gasteiger partial charge in [0.15, 0.2) is 5.76 Å². The van der Waals surface area contributed by atoms with Crippen LogP contribution in [0.5, 0.6) is 0 Å². The summed E-state index contributed by atoms with van der Waals surface area (Å²) >= 11 is 0. The highest BCUT2D eigenvalue weighted by molar-refractivity contribution is 6.13. The zero-order valence-corrected chi connectivity index (χ0v) is 12.9. The lowest BCUT2D eigenvalue weighted by Gasteiger charge is -2.06. The van der Waals surface area contributed by atoms with Gasteiger partial charge in [0.2, 0.25) is 0 Å². The van der Waals surface area contributed by atoms with Crippen molar-refractivity contribution in [1.29, 1.82) is 0 Å². The van der Waals surface area contributed by atoms with Crippen molar-refractivity contribution in [3.8, 4) is 0 Å². The number of nitrogens with zero attached hydrogens (tertiary/aromatic N) is 2. The van der Waals surface area contributed by atoms with Gasteiger partial charge in [-0.25, -0.2) is 17.6 Å². The summed E-state index contributed by atoms with van der Waals surface area (Å²) in [5.74, 6) is -1.49. The molecule has 0 bridgehead atoms. The van der Waals surface area contributed by atoms with Crippen molar-refractivity contribution < 1.29 is 22.7 Å². The van der Waals surface area contributed by atoms with Crippen LogP contribution in [0.2, 0.25) is 0 Å². The van der Waals surface area contributed by atoms with Gasteiger partial charge in [-0.1, -0.05) is 60.7 Å². The third kappa shape index (κ3) is 5.27. The molecule has 130 valence electrons. The molecule has 2 aromatic carbocycles. The summed E-state index contributed by atoms with van der Waals surface area (Å²) in [6.45, 7) is 0. The molecule has 0 saturated carbocycles. The highest BCUT2D eigenvalue weighted by Crippen LogP contribution is 2.13. The number of alkyl halides is 4. The van der Waals surface area contributed by atoms with Crippen molar-refractivity contribution in [1.82, 2.24) is 0 Å². The van der Waals surface area contributed by atoms with Crippen LogP contribution in [0.25, 0.3) is 0 Å². The molecule has 2 aromatic rings. The zero-order chi connectivity index (χ0) is 18.2. The normalized spacial score (nSPS) is 12.6. The minimum Gasteiger partial charge on any atom is -0.506 e. The lowest BCUT2D eigenvalue weighted by atomic mass is 10.0. The lowest BCUT2D eigenvalue weighted by Crippen LogP contribution is -2.11. The molecule has 0 aliphatic rings. The maximum atomic E-state index is 13.0. The number of hydrogen-bond donors (Lipinski definition) is 1. The topological polar surface area (TPSA) is 45.0 Å². The van der Waals surface area contributed by atoms with E-state index in [1.807, 2.05) is 0 Å². The molecule has 0 aliphatic heterocycles. The summed E-state index contributed by atoms with van der Waals surface area (Å²) < 4.78 is 50.6. The van der Waals surface area contributed by atoms with E-state index in [4.69, 9.17) is 5.11 Å². The monoisotopic (exact) mass is 350 g/mol. The van der Waals surface area contributed by atoms with E-state index in [0.717, 1.165) is 0 Å². The average Bonchev–Trinajstić information content (AvgIpc) is 2.62. The van der Waals surface area contributed by atoms with E-state index in [9.17, 15) is 17.6 Å². The van der Waals surface area contributed by atoms with Crippen LogP contribution in [0.1, 0.15) is 11.1 Å². The van der Waals surface area contributed by atoms with Crippen LogP contribution >= 0.6 is 0 Å². The Balaban J connectivity index is 2.51. The molecule has 0 unspecified atom stereocenters. The molecule has 0 heterocycles. The van der Waals surface area contributed by atoms with Crippen molar-refractivity contribution >= 4 is 11.4 Å². The van der Waals surface area contributed by atoms with E-state index in [0.29, 0.717) is 16.8 Å². The van der Waals surface area contributed by atoms with Crippen LogP contribution in [-0.2, 0) is 0 Å². The highest BCUT2D eigenvalue weighted by atomic mass is 19.3. The van der Waals surface area contributed by atoms with Gasteiger partial charge >= 0.3 is 0 Å². The van der Waals surface area contributed by atoms with Crippen LogP contribution in [0, 0.1) is 0 Å². The first-order chi connectivity index (χ1) is 12.0. The van der Waals surface area contributed by atoms with E-state index in [2.05, 4.69) is 10.2 Å². The molecule has 0 saturated heterocycles. The first-order valence-electron chi connectivity index (χ1n) is 7.22. The summed E-state index contributed by atoms with van der Waals surface area (Å²) in [6, 6.07) is 17.4. The predicted molar refractivity (Wildman–Crippen MR) is 88.7 cm³/mol. The second kappa shape index (κ2) is 8.77. The summed E-state index contributed by atoms with van der Waals surface area (Å²) in [6.07, 6.45) is -6.21. The Bertz CT molecular complexity index is 731. The Hall–Kier alpha value is -2.96. The van der Waals surface area contributed by atoms with Gasteiger partial charge in [-0.3, -0.25) is 0 Å². The first-order valence-corrected chi connectivity index (χ1v) is 7.22. The van der Waals surface area contributed by atoms with Crippen LogP contribution in [-0.4, -0.2) is 29.4 Å². The largest absolute Gasteiger partial charge is 0.506 e. The second-order valence-electron chi connectivity index (χ2n) is 4.88. The van der Waals surface area contributed by atoms with E-state index in [1.54, 1.807) is 60.7 Å². The van der Waals surface area contributed by atoms with E-state index >= 15 is 0 Å². The summed E-state index contributed by atoms with van der Waals surface area (Å²) in [7, 11) is 0. The maximum absolute atomic E-state index is 13.0. The molecule has 2 rings (SSSR count). The quantitative estimate of drug-likeness (QED) is 0.344. The number of aliphatic hydroxyl groups excluding tert-OH is 1. The number of halogens is 4. The molecule has 0 fully saturated rings. The number of benzene rings is 2. The number of hydrogen-bond acceptors (Lipinski definition) is 3. The smallest absolute Gasteiger partial charge is 0.294 e. The number of aliphatic hydroxyl groups is 1. The molecule has 7 heteroatoms. The average molecular weight is 350 g/mol.